The first-order chi connectivity index (χ1) is 12.2. The smallest absolute Gasteiger partial charge is 0.410 e. The van der Waals surface area contributed by atoms with Gasteiger partial charge < -0.3 is 19.9 Å². The van der Waals surface area contributed by atoms with Crippen LogP contribution in [0.2, 0.25) is 0 Å². The standard InChI is InChI=1S/C18H20N4O3/c23-17(20-16-7-4-8-19-13-16)21-9-11-22(12-10-21)18(24)25-14-15-5-2-1-3-6-15/h1-8,13H,9-12,14H2,(H,20,23). The Hall–Kier alpha value is -3.09. The number of ether oxygens (including phenoxy) is 1. The Labute approximate surface area is 146 Å². The molecule has 2 aromatic rings. The van der Waals surface area contributed by atoms with Crippen molar-refractivity contribution in [3.05, 3.63) is 60.4 Å². The van der Waals surface area contributed by atoms with Gasteiger partial charge in [-0.25, -0.2) is 9.59 Å². The van der Waals surface area contributed by atoms with Gasteiger partial charge in [-0.2, -0.15) is 0 Å². The Bertz CT molecular complexity index is 701. The highest BCUT2D eigenvalue weighted by atomic mass is 16.6. The van der Waals surface area contributed by atoms with Crippen LogP contribution in [0.25, 0.3) is 0 Å². The van der Waals surface area contributed by atoms with E-state index in [0.29, 0.717) is 31.9 Å². The number of nitrogens with one attached hydrogen (secondary N) is 1. The Morgan fingerprint density at radius 3 is 2.40 bits per heavy atom. The lowest BCUT2D eigenvalue weighted by Crippen LogP contribution is -2.51. The normalized spacial score (nSPS) is 14.1. The highest BCUT2D eigenvalue weighted by Gasteiger charge is 2.25. The van der Waals surface area contributed by atoms with Gasteiger partial charge in [0, 0.05) is 32.4 Å². The fourth-order valence-electron chi connectivity index (χ4n) is 2.54. The molecule has 1 saturated heterocycles. The van der Waals surface area contributed by atoms with Crippen LogP contribution < -0.4 is 5.32 Å². The van der Waals surface area contributed by atoms with Crippen LogP contribution in [0.4, 0.5) is 15.3 Å². The molecule has 0 unspecified atom stereocenters. The Balaban J connectivity index is 1.43. The number of hydrogen-bond donors (Lipinski definition) is 1. The number of anilines is 1. The zero-order valence-corrected chi connectivity index (χ0v) is 13.8. The molecule has 0 atom stereocenters. The molecule has 0 spiro atoms. The predicted octanol–water partition coefficient (Wildman–Crippen LogP) is 2.57. The molecule has 7 nitrogen and oxygen atoms in total. The second-order valence-corrected chi connectivity index (χ2v) is 5.69. The molecule has 1 N–H and O–H groups in total. The van der Waals surface area contributed by atoms with Gasteiger partial charge >= 0.3 is 12.1 Å². The molecule has 1 aromatic heterocycles. The van der Waals surface area contributed by atoms with Crippen LogP contribution >= 0.6 is 0 Å². The third-order valence-corrected chi connectivity index (χ3v) is 3.94. The molecule has 7 heteroatoms. The Morgan fingerprint density at radius 2 is 1.72 bits per heavy atom. The molecular weight excluding hydrogens is 320 g/mol. The zero-order valence-electron chi connectivity index (χ0n) is 13.8. The summed E-state index contributed by atoms with van der Waals surface area (Å²) in [5.74, 6) is 0. The van der Waals surface area contributed by atoms with Gasteiger partial charge in [0.05, 0.1) is 11.9 Å². The highest BCUT2D eigenvalue weighted by molar-refractivity contribution is 5.89. The van der Waals surface area contributed by atoms with Crippen molar-refractivity contribution in [3.63, 3.8) is 0 Å². The largest absolute Gasteiger partial charge is 0.445 e. The van der Waals surface area contributed by atoms with Crippen molar-refractivity contribution in [3.8, 4) is 0 Å². The van der Waals surface area contributed by atoms with Crippen molar-refractivity contribution in [2.75, 3.05) is 31.5 Å². The van der Waals surface area contributed by atoms with Crippen molar-refractivity contribution in [2.45, 2.75) is 6.61 Å². The summed E-state index contributed by atoms with van der Waals surface area (Å²) in [6.07, 6.45) is 2.89. The fourth-order valence-corrected chi connectivity index (χ4v) is 2.54. The van der Waals surface area contributed by atoms with Crippen molar-refractivity contribution in [2.24, 2.45) is 0 Å². The van der Waals surface area contributed by atoms with Crippen molar-refractivity contribution >= 4 is 17.8 Å². The van der Waals surface area contributed by atoms with Gasteiger partial charge in [-0.05, 0) is 17.7 Å². The summed E-state index contributed by atoms with van der Waals surface area (Å²) in [7, 11) is 0. The number of aromatic nitrogens is 1. The number of rotatable bonds is 3. The van der Waals surface area contributed by atoms with Crippen LogP contribution in [0.3, 0.4) is 0 Å². The number of nitrogens with zero attached hydrogens (tertiary/aromatic N) is 3. The van der Waals surface area contributed by atoms with Crippen LogP contribution in [0.1, 0.15) is 5.56 Å². The summed E-state index contributed by atoms with van der Waals surface area (Å²) in [5, 5.41) is 2.79. The first kappa shape index (κ1) is 16.8. The first-order valence-corrected chi connectivity index (χ1v) is 8.14. The van der Waals surface area contributed by atoms with Gasteiger partial charge in [-0.1, -0.05) is 30.3 Å². The molecule has 0 bridgehead atoms. The van der Waals surface area contributed by atoms with Crippen molar-refractivity contribution < 1.29 is 14.3 Å². The molecule has 1 aliphatic rings. The average molecular weight is 340 g/mol. The van der Waals surface area contributed by atoms with Crippen LogP contribution in [0.15, 0.2) is 54.9 Å². The van der Waals surface area contributed by atoms with Gasteiger partial charge in [-0.15, -0.1) is 0 Å². The maximum atomic E-state index is 12.2. The molecule has 0 aliphatic carbocycles. The third-order valence-electron chi connectivity index (χ3n) is 3.94. The Morgan fingerprint density at radius 1 is 1.00 bits per heavy atom. The number of pyridine rings is 1. The SMILES string of the molecule is O=C(Nc1cccnc1)N1CCN(C(=O)OCc2ccccc2)CC1. The van der Waals surface area contributed by atoms with Crippen LogP contribution in [0.5, 0.6) is 0 Å². The first-order valence-electron chi connectivity index (χ1n) is 8.14. The number of urea groups is 1. The molecule has 1 aromatic carbocycles. The number of hydrogen-bond acceptors (Lipinski definition) is 4. The van der Waals surface area contributed by atoms with Crippen molar-refractivity contribution in [1.29, 1.82) is 0 Å². The molecule has 1 fully saturated rings. The van der Waals surface area contributed by atoms with Gasteiger partial charge in [0.1, 0.15) is 6.61 Å². The van der Waals surface area contributed by atoms with E-state index < -0.39 is 0 Å². The summed E-state index contributed by atoms with van der Waals surface area (Å²) < 4.78 is 5.32. The van der Waals surface area contributed by atoms with E-state index in [-0.39, 0.29) is 18.7 Å². The van der Waals surface area contributed by atoms with E-state index in [4.69, 9.17) is 4.74 Å². The molecule has 2 heterocycles. The molecular formula is C18H20N4O3. The van der Waals surface area contributed by atoms with E-state index in [1.807, 2.05) is 30.3 Å². The molecule has 130 valence electrons. The minimum Gasteiger partial charge on any atom is -0.445 e. The topological polar surface area (TPSA) is 74.8 Å². The highest BCUT2D eigenvalue weighted by Crippen LogP contribution is 2.09. The van der Waals surface area contributed by atoms with Crippen LogP contribution in [0, 0.1) is 0 Å². The molecule has 25 heavy (non-hydrogen) atoms. The molecule has 0 radical (unpaired) electrons. The average Bonchev–Trinajstić information content (AvgIpc) is 2.68. The fraction of sp³-hybridized carbons (Fsp3) is 0.278. The molecule has 1 aliphatic heterocycles. The van der Waals surface area contributed by atoms with E-state index in [1.165, 1.54) is 0 Å². The van der Waals surface area contributed by atoms with Crippen LogP contribution in [-0.4, -0.2) is 53.1 Å². The predicted molar refractivity (Wildman–Crippen MR) is 93.0 cm³/mol. The van der Waals surface area contributed by atoms with E-state index in [0.717, 1.165) is 5.56 Å². The van der Waals surface area contributed by atoms with E-state index in [2.05, 4.69) is 10.3 Å². The number of piperazine rings is 1. The molecule has 0 saturated carbocycles. The number of carbonyl (C=O) groups excluding carboxylic acids is 2. The number of carbonyl (C=O) groups is 2. The maximum absolute atomic E-state index is 12.2. The third kappa shape index (κ3) is 4.69. The van der Waals surface area contributed by atoms with Gasteiger partial charge in [0.2, 0.25) is 0 Å². The van der Waals surface area contributed by atoms with Gasteiger partial charge in [0.25, 0.3) is 0 Å². The summed E-state index contributed by atoms with van der Waals surface area (Å²) in [5.41, 5.74) is 1.60. The number of benzene rings is 1. The second kappa shape index (κ2) is 8.14. The molecule has 3 amide bonds. The van der Waals surface area contributed by atoms with E-state index >= 15 is 0 Å². The Kier molecular flexibility index (Phi) is 5.46. The summed E-state index contributed by atoms with van der Waals surface area (Å²) in [4.78, 5) is 31.6. The lowest BCUT2D eigenvalue weighted by Gasteiger charge is -2.34. The summed E-state index contributed by atoms with van der Waals surface area (Å²) >= 11 is 0. The lowest BCUT2D eigenvalue weighted by atomic mass is 10.2. The maximum Gasteiger partial charge on any atom is 0.410 e. The summed E-state index contributed by atoms with van der Waals surface area (Å²) in [6, 6.07) is 12.9. The van der Waals surface area contributed by atoms with E-state index in [9.17, 15) is 9.59 Å². The summed E-state index contributed by atoms with van der Waals surface area (Å²) in [6.45, 7) is 2.09. The van der Waals surface area contributed by atoms with Gasteiger partial charge in [-0.3, -0.25) is 4.98 Å². The quantitative estimate of drug-likeness (QED) is 0.932. The lowest BCUT2D eigenvalue weighted by molar-refractivity contribution is 0.0782. The molecule has 3 rings (SSSR count). The van der Waals surface area contributed by atoms with Gasteiger partial charge in [0.15, 0.2) is 0 Å². The monoisotopic (exact) mass is 340 g/mol. The van der Waals surface area contributed by atoms with E-state index in [1.54, 1.807) is 34.3 Å². The minimum absolute atomic E-state index is 0.190. The minimum atomic E-state index is -0.351. The van der Waals surface area contributed by atoms with Crippen molar-refractivity contribution in [1.82, 2.24) is 14.8 Å². The van der Waals surface area contributed by atoms with Crippen LogP contribution in [-0.2, 0) is 11.3 Å². The zero-order chi connectivity index (χ0) is 17.5. The number of amides is 3. The second-order valence-electron chi connectivity index (χ2n) is 5.69.